The number of carboxylic acid groups (broad SMARTS) is 1. The number of nitrogens with zero attached hydrogens (tertiary/aromatic N) is 1. The van der Waals surface area contributed by atoms with Crippen molar-refractivity contribution in [2.24, 2.45) is 17.8 Å². The van der Waals surface area contributed by atoms with E-state index in [1.807, 2.05) is 0 Å². The molecule has 1 fully saturated rings. The molecule has 1 aromatic carbocycles. The number of non-ortho nitro benzene ring substituents is 1. The number of hydrogen-bond donors (Lipinski definition) is 2. The second-order valence-corrected chi connectivity index (χ2v) is 6.10. The third kappa shape index (κ3) is 3.42. The molecule has 0 spiro atoms. The second kappa shape index (κ2) is 6.77. The second-order valence-electron chi connectivity index (χ2n) is 6.10. The molecule has 1 aliphatic rings. The number of β-lactam (4-membered cyclic amide) rings is 1. The highest BCUT2D eigenvalue weighted by atomic mass is 16.6. The van der Waals surface area contributed by atoms with Crippen LogP contribution in [0.4, 0.5) is 5.69 Å². The number of nitrogens with one attached hydrogen (secondary N) is 1. The molecule has 0 radical (unpaired) electrons. The fraction of sp³-hybridized carbons (Fsp3) is 0.438. The van der Waals surface area contributed by atoms with Crippen LogP contribution >= 0.6 is 0 Å². The van der Waals surface area contributed by atoms with Crippen molar-refractivity contribution in [2.45, 2.75) is 26.3 Å². The van der Waals surface area contributed by atoms with Gasteiger partial charge in [0.05, 0.1) is 22.8 Å². The Kier molecular flexibility index (Phi) is 4.96. The van der Waals surface area contributed by atoms with Gasteiger partial charge in [-0.2, -0.15) is 0 Å². The summed E-state index contributed by atoms with van der Waals surface area (Å²) >= 11 is 0. The first-order valence-electron chi connectivity index (χ1n) is 7.53. The summed E-state index contributed by atoms with van der Waals surface area (Å²) in [5.41, 5.74) is 0.225. The topological polar surface area (TPSA) is 127 Å². The van der Waals surface area contributed by atoms with Crippen molar-refractivity contribution in [1.82, 2.24) is 5.32 Å². The molecule has 1 heterocycles. The number of ketones is 1. The molecule has 0 aromatic heterocycles. The van der Waals surface area contributed by atoms with Crippen LogP contribution in [0, 0.1) is 27.9 Å². The van der Waals surface area contributed by atoms with Crippen LogP contribution < -0.4 is 5.32 Å². The molecule has 2 rings (SSSR count). The molecule has 0 aliphatic carbocycles. The van der Waals surface area contributed by atoms with E-state index in [2.05, 4.69) is 5.32 Å². The van der Waals surface area contributed by atoms with Crippen LogP contribution in [-0.2, 0) is 9.59 Å². The van der Waals surface area contributed by atoms with Crippen LogP contribution in [0.5, 0.6) is 0 Å². The van der Waals surface area contributed by atoms with Gasteiger partial charge in [0.1, 0.15) is 0 Å². The first-order valence-corrected chi connectivity index (χ1v) is 7.53. The summed E-state index contributed by atoms with van der Waals surface area (Å²) < 4.78 is 0. The monoisotopic (exact) mass is 334 g/mol. The van der Waals surface area contributed by atoms with Crippen molar-refractivity contribution in [1.29, 1.82) is 0 Å². The van der Waals surface area contributed by atoms with Gasteiger partial charge in [-0.3, -0.25) is 24.5 Å². The number of Topliss-reactive ketones (excluding diaryl/α,β-unsaturated/α-hetero) is 1. The summed E-state index contributed by atoms with van der Waals surface area (Å²) in [5.74, 6) is -3.08. The molecule has 4 unspecified atom stereocenters. The molecule has 8 nitrogen and oxygen atoms in total. The van der Waals surface area contributed by atoms with Crippen molar-refractivity contribution in [3.8, 4) is 0 Å². The van der Waals surface area contributed by atoms with E-state index in [-0.39, 0.29) is 29.7 Å². The number of carbonyl (C=O) groups excluding carboxylic acids is 2. The number of rotatable bonds is 7. The van der Waals surface area contributed by atoms with Crippen LogP contribution in [-0.4, -0.2) is 33.7 Å². The third-order valence-electron chi connectivity index (χ3n) is 4.45. The average molecular weight is 334 g/mol. The summed E-state index contributed by atoms with van der Waals surface area (Å²) in [5, 5.41) is 22.3. The minimum atomic E-state index is -1.00. The van der Waals surface area contributed by atoms with Crippen molar-refractivity contribution < 1.29 is 24.4 Å². The molecule has 0 bridgehead atoms. The largest absolute Gasteiger partial charge is 0.481 e. The van der Waals surface area contributed by atoms with E-state index in [0.29, 0.717) is 5.56 Å². The first-order chi connectivity index (χ1) is 11.2. The number of carboxylic acids is 1. The van der Waals surface area contributed by atoms with Crippen LogP contribution in [0.3, 0.4) is 0 Å². The van der Waals surface area contributed by atoms with Gasteiger partial charge in [0.25, 0.3) is 5.69 Å². The number of amides is 1. The lowest BCUT2D eigenvalue weighted by molar-refractivity contribution is -0.384. The smallest absolute Gasteiger partial charge is 0.308 e. The molecule has 128 valence electrons. The van der Waals surface area contributed by atoms with E-state index in [1.165, 1.54) is 31.2 Å². The zero-order valence-corrected chi connectivity index (χ0v) is 13.3. The highest BCUT2D eigenvalue weighted by molar-refractivity contribution is 5.97. The molecule has 1 amide bonds. The Morgan fingerprint density at radius 2 is 1.88 bits per heavy atom. The van der Waals surface area contributed by atoms with E-state index >= 15 is 0 Å². The molecule has 1 saturated heterocycles. The van der Waals surface area contributed by atoms with Crippen molar-refractivity contribution in [2.75, 3.05) is 0 Å². The molecule has 1 aliphatic heterocycles. The minimum absolute atomic E-state index is 0.0682. The van der Waals surface area contributed by atoms with E-state index in [1.54, 1.807) is 6.92 Å². The Bertz CT molecular complexity index is 684. The van der Waals surface area contributed by atoms with Crippen LogP contribution in [0.25, 0.3) is 0 Å². The normalized spacial score (nSPS) is 22.0. The lowest BCUT2D eigenvalue weighted by atomic mass is 9.73. The zero-order chi connectivity index (χ0) is 18.0. The minimum Gasteiger partial charge on any atom is -0.481 e. The van der Waals surface area contributed by atoms with Gasteiger partial charge in [0.15, 0.2) is 5.78 Å². The summed E-state index contributed by atoms with van der Waals surface area (Å²) in [6, 6.07) is 4.78. The Morgan fingerprint density at radius 1 is 1.29 bits per heavy atom. The lowest BCUT2D eigenvalue weighted by Gasteiger charge is -2.42. The van der Waals surface area contributed by atoms with Crippen molar-refractivity contribution in [3.63, 3.8) is 0 Å². The zero-order valence-electron chi connectivity index (χ0n) is 13.3. The van der Waals surface area contributed by atoms with E-state index in [0.717, 1.165) is 0 Å². The first kappa shape index (κ1) is 17.6. The lowest BCUT2D eigenvalue weighted by Crippen LogP contribution is -2.64. The van der Waals surface area contributed by atoms with Gasteiger partial charge < -0.3 is 10.4 Å². The van der Waals surface area contributed by atoms with Crippen molar-refractivity contribution >= 4 is 23.3 Å². The van der Waals surface area contributed by atoms with Gasteiger partial charge in [-0.05, 0) is 25.0 Å². The maximum absolute atomic E-state index is 12.3. The van der Waals surface area contributed by atoms with Gasteiger partial charge in [0, 0.05) is 24.1 Å². The number of benzene rings is 1. The Labute approximate surface area is 138 Å². The number of nitro groups is 1. The molecular formula is C16H18N2O6. The predicted octanol–water partition coefficient (Wildman–Crippen LogP) is 1.64. The molecule has 24 heavy (non-hydrogen) atoms. The highest BCUT2D eigenvalue weighted by Gasteiger charge is 2.47. The molecule has 0 saturated carbocycles. The summed E-state index contributed by atoms with van der Waals surface area (Å²) in [4.78, 5) is 45.2. The quantitative estimate of drug-likeness (QED) is 0.338. The number of carbonyl (C=O) groups is 3. The summed E-state index contributed by atoms with van der Waals surface area (Å²) in [6.07, 6.45) is 0.0682. The van der Waals surface area contributed by atoms with Gasteiger partial charge in [-0.25, -0.2) is 0 Å². The molecule has 8 heteroatoms. The van der Waals surface area contributed by atoms with Crippen LogP contribution in [0.1, 0.15) is 30.6 Å². The van der Waals surface area contributed by atoms with Gasteiger partial charge in [-0.15, -0.1) is 0 Å². The predicted molar refractivity (Wildman–Crippen MR) is 83.4 cm³/mol. The van der Waals surface area contributed by atoms with Gasteiger partial charge in [0.2, 0.25) is 5.91 Å². The van der Waals surface area contributed by atoms with E-state index in [9.17, 15) is 24.5 Å². The fourth-order valence-electron chi connectivity index (χ4n) is 2.93. The Morgan fingerprint density at radius 3 is 2.33 bits per heavy atom. The number of hydrogen-bond acceptors (Lipinski definition) is 5. The molecule has 2 N–H and O–H groups in total. The number of aliphatic carboxylic acids is 1. The van der Waals surface area contributed by atoms with Crippen LogP contribution in [0.2, 0.25) is 0 Å². The van der Waals surface area contributed by atoms with Crippen LogP contribution in [0.15, 0.2) is 24.3 Å². The molecule has 4 atom stereocenters. The maximum atomic E-state index is 12.3. The Balaban J connectivity index is 2.04. The SMILES string of the molecule is CC(CC(=O)c1ccc([N+](=O)[O-])cc1)C1C(=O)NC1C(C)C(=O)O. The summed E-state index contributed by atoms with van der Waals surface area (Å²) in [7, 11) is 0. The third-order valence-corrected chi connectivity index (χ3v) is 4.45. The summed E-state index contributed by atoms with van der Waals surface area (Å²) in [6.45, 7) is 3.25. The number of nitro benzene ring substituents is 1. The van der Waals surface area contributed by atoms with E-state index in [4.69, 9.17) is 5.11 Å². The van der Waals surface area contributed by atoms with E-state index < -0.39 is 28.8 Å². The maximum Gasteiger partial charge on any atom is 0.308 e. The van der Waals surface area contributed by atoms with Gasteiger partial charge >= 0.3 is 5.97 Å². The van der Waals surface area contributed by atoms with Gasteiger partial charge in [-0.1, -0.05) is 6.92 Å². The fourth-order valence-corrected chi connectivity index (χ4v) is 2.93. The Hall–Kier alpha value is -2.77. The highest BCUT2D eigenvalue weighted by Crippen LogP contribution is 2.32. The average Bonchev–Trinajstić information content (AvgIpc) is 2.51. The van der Waals surface area contributed by atoms with Crippen molar-refractivity contribution in [3.05, 3.63) is 39.9 Å². The molecular weight excluding hydrogens is 316 g/mol. The molecule has 1 aromatic rings. The standard InChI is InChI=1S/C16H18N2O6/c1-8(13-14(17-15(13)20)9(2)16(21)22)7-12(19)10-3-5-11(6-4-10)18(23)24/h3-6,8-9,13-14H,7H2,1-2H3,(H,17,20)(H,21,22).